The van der Waals surface area contributed by atoms with Crippen molar-refractivity contribution in [3.63, 3.8) is 0 Å². The van der Waals surface area contributed by atoms with E-state index in [4.69, 9.17) is 4.98 Å². The van der Waals surface area contributed by atoms with Gasteiger partial charge in [0.2, 0.25) is 5.91 Å². The van der Waals surface area contributed by atoms with Crippen LogP contribution in [0, 0.1) is 0 Å². The molecule has 1 aliphatic rings. The van der Waals surface area contributed by atoms with Gasteiger partial charge in [-0.1, -0.05) is 18.2 Å². The number of benzene rings is 1. The number of rotatable bonds is 6. The summed E-state index contributed by atoms with van der Waals surface area (Å²) in [4.78, 5) is 22.8. The van der Waals surface area contributed by atoms with Gasteiger partial charge >= 0.3 is 0 Å². The molecule has 0 aliphatic carbocycles. The molecular formula is C20H21N3OS3. The average Bonchev–Trinajstić information content (AvgIpc) is 3.41. The topological polar surface area (TPSA) is 36.4 Å². The predicted octanol–water partition coefficient (Wildman–Crippen LogP) is 4.70. The quantitative estimate of drug-likeness (QED) is 0.547. The Kier molecular flexibility index (Phi) is 6.11. The normalized spacial score (nSPS) is 14.5. The van der Waals surface area contributed by atoms with Crippen molar-refractivity contribution in [2.75, 3.05) is 36.8 Å². The first kappa shape index (κ1) is 18.5. The molecule has 1 aliphatic heterocycles. The fourth-order valence-corrected chi connectivity index (χ4v) is 5.43. The molecule has 0 bridgehead atoms. The molecule has 0 unspecified atom stereocenters. The first-order valence-corrected chi connectivity index (χ1v) is 11.8. The molecular weight excluding hydrogens is 394 g/mol. The van der Waals surface area contributed by atoms with Gasteiger partial charge in [-0.05, 0) is 23.6 Å². The van der Waals surface area contributed by atoms with E-state index >= 15 is 0 Å². The Bertz CT molecular complexity index is 856. The number of piperazine rings is 1. The van der Waals surface area contributed by atoms with Gasteiger partial charge in [0.25, 0.3) is 0 Å². The van der Waals surface area contributed by atoms with E-state index in [1.165, 1.54) is 10.5 Å². The van der Waals surface area contributed by atoms with Crippen LogP contribution in [0.2, 0.25) is 0 Å². The number of amides is 1. The molecule has 4 rings (SSSR count). The van der Waals surface area contributed by atoms with Crippen molar-refractivity contribution in [3.8, 4) is 11.3 Å². The number of anilines is 1. The van der Waals surface area contributed by atoms with Crippen molar-refractivity contribution in [2.24, 2.45) is 0 Å². The molecule has 4 nitrogen and oxygen atoms in total. The number of thiazole rings is 1. The molecule has 0 saturated carbocycles. The van der Waals surface area contributed by atoms with Crippen LogP contribution in [0.3, 0.4) is 0 Å². The Hall–Kier alpha value is -1.83. The van der Waals surface area contributed by atoms with Crippen LogP contribution >= 0.6 is 34.4 Å². The fourth-order valence-electron chi connectivity index (χ4n) is 3.03. The average molecular weight is 416 g/mol. The zero-order valence-corrected chi connectivity index (χ0v) is 17.4. The van der Waals surface area contributed by atoms with Crippen LogP contribution in [0.5, 0.6) is 0 Å². The molecule has 3 aromatic rings. The van der Waals surface area contributed by atoms with Gasteiger partial charge < -0.3 is 9.80 Å². The summed E-state index contributed by atoms with van der Waals surface area (Å²) in [6.07, 6.45) is 0.596. The summed E-state index contributed by atoms with van der Waals surface area (Å²) >= 11 is 5.13. The van der Waals surface area contributed by atoms with Gasteiger partial charge in [-0.3, -0.25) is 4.79 Å². The number of hydrogen-bond acceptors (Lipinski definition) is 6. The number of aromatic nitrogens is 1. The van der Waals surface area contributed by atoms with Crippen LogP contribution in [0.25, 0.3) is 11.3 Å². The molecule has 1 saturated heterocycles. The Morgan fingerprint density at radius 2 is 1.89 bits per heavy atom. The van der Waals surface area contributed by atoms with Crippen LogP contribution in [-0.2, 0) is 4.79 Å². The molecule has 0 spiro atoms. The maximum Gasteiger partial charge on any atom is 0.223 e. The zero-order chi connectivity index (χ0) is 18.5. The van der Waals surface area contributed by atoms with Crippen LogP contribution in [0.1, 0.15) is 6.42 Å². The maximum atomic E-state index is 12.5. The van der Waals surface area contributed by atoms with Gasteiger partial charge in [-0.2, -0.15) is 11.3 Å². The lowest BCUT2D eigenvalue weighted by Crippen LogP contribution is -2.48. The van der Waals surface area contributed by atoms with E-state index in [9.17, 15) is 4.79 Å². The summed E-state index contributed by atoms with van der Waals surface area (Å²) in [5.41, 5.74) is 2.24. The lowest BCUT2D eigenvalue weighted by atomic mass is 10.3. The highest BCUT2D eigenvalue weighted by Crippen LogP contribution is 2.29. The van der Waals surface area contributed by atoms with Crippen molar-refractivity contribution in [1.29, 1.82) is 0 Å². The van der Waals surface area contributed by atoms with Crippen molar-refractivity contribution < 1.29 is 4.79 Å². The smallest absolute Gasteiger partial charge is 0.223 e. The molecule has 2 aromatic heterocycles. The maximum absolute atomic E-state index is 12.5. The SMILES string of the molecule is O=C(CCSc1ccccc1)N1CCN(c2nc(-c3ccsc3)cs2)CC1. The summed E-state index contributed by atoms with van der Waals surface area (Å²) in [7, 11) is 0. The second kappa shape index (κ2) is 8.91. The highest BCUT2D eigenvalue weighted by molar-refractivity contribution is 7.99. The highest BCUT2D eigenvalue weighted by atomic mass is 32.2. The highest BCUT2D eigenvalue weighted by Gasteiger charge is 2.22. The van der Waals surface area contributed by atoms with Gasteiger partial charge in [-0.25, -0.2) is 4.98 Å². The van der Waals surface area contributed by atoms with Crippen LogP contribution in [0.4, 0.5) is 5.13 Å². The first-order chi connectivity index (χ1) is 13.3. The molecule has 140 valence electrons. The van der Waals surface area contributed by atoms with Gasteiger partial charge in [0.05, 0.1) is 5.69 Å². The first-order valence-electron chi connectivity index (χ1n) is 8.98. The van der Waals surface area contributed by atoms with Crippen molar-refractivity contribution in [3.05, 3.63) is 52.5 Å². The van der Waals surface area contributed by atoms with Crippen molar-refractivity contribution in [2.45, 2.75) is 11.3 Å². The van der Waals surface area contributed by atoms with E-state index in [0.717, 1.165) is 42.8 Å². The summed E-state index contributed by atoms with van der Waals surface area (Å²) < 4.78 is 0. The number of hydrogen-bond donors (Lipinski definition) is 0. The van der Waals surface area contributed by atoms with Gasteiger partial charge in [0.1, 0.15) is 0 Å². The molecule has 0 N–H and O–H groups in total. The third-order valence-corrected chi connectivity index (χ3v) is 7.14. The largest absolute Gasteiger partial charge is 0.345 e. The Balaban J connectivity index is 1.24. The lowest BCUT2D eigenvalue weighted by Gasteiger charge is -2.34. The van der Waals surface area contributed by atoms with Crippen LogP contribution in [0.15, 0.2) is 57.4 Å². The molecule has 0 atom stereocenters. The molecule has 1 amide bonds. The standard InChI is InChI=1S/C20H21N3OS3/c24-19(7-13-26-17-4-2-1-3-5-17)22-8-10-23(11-9-22)20-21-18(15-27-20)16-6-12-25-14-16/h1-6,12,14-15H,7-11,13H2. The zero-order valence-electron chi connectivity index (χ0n) is 14.9. The minimum atomic E-state index is 0.260. The Labute approximate surface area is 171 Å². The van der Waals surface area contributed by atoms with Gasteiger partial charge in [-0.15, -0.1) is 23.1 Å². The van der Waals surface area contributed by atoms with Crippen LogP contribution < -0.4 is 4.90 Å². The van der Waals surface area contributed by atoms with E-state index in [2.05, 4.69) is 39.2 Å². The van der Waals surface area contributed by atoms with E-state index in [0.29, 0.717) is 6.42 Å². The predicted molar refractivity (Wildman–Crippen MR) is 116 cm³/mol. The van der Waals surface area contributed by atoms with Gasteiger partial charge in [0.15, 0.2) is 5.13 Å². The minimum absolute atomic E-state index is 0.260. The summed E-state index contributed by atoms with van der Waals surface area (Å²) in [6.45, 7) is 3.27. The van der Waals surface area contributed by atoms with E-state index in [1.807, 2.05) is 23.1 Å². The van der Waals surface area contributed by atoms with Gasteiger partial charge in [0, 0.05) is 59.6 Å². The minimum Gasteiger partial charge on any atom is -0.345 e. The van der Waals surface area contributed by atoms with Crippen molar-refractivity contribution >= 4 is 45.5 Å². The van der Waals surface area contributed by atoms with Crippen molar-refractivity contribution in [1.82, 2.24) is 9.88 Å². The van der Waals surface area contributed by atoms with E-state index in [-0.39, 0.29) is 5.91 Å². The summed E-state index contributed by atoms with van der Waals surface area (Å²) in [6, 6.07) is 12.4. The van der Waals surface area contributed by atoms with Crippen LogP contribution in [-0.4, -0.2) is 47.7 Å². The molecule has 1 aromatic carbocycles. The van der Waals surface area contributed by atoms with E-state index in [1.54, 1.807) is 34.4 Å². The number of thioether (sulfide) groups is 1. The number of carbonyl (C=O) groups excluding carboxylic acids is 1. The third kappa shape index (κ3) is 4.72. The molecule has 7 heteroatoms. The Morgan fingerprint density at radius 3 is 2.63 bits per heavy atom. The number of thiophene rings is 1. The summed E-state index contributed by atoms with van der Waals surface area (Å²) in [5, 5.41) is 7.39. The number of nitrogens with zero attached hydrogens (tertiary/aromatic N) is 3. The second-order valence-corrected chi connectivity index (χ2v) is 9.09. The third-order valence-electron chi connectivity index (χ3n) is 4.54. The second-order valence-electron chi connectivity index (χ2n) is 6.31. The molecule has 3 heterocycles. The Morgan fingerprint density at radius 1 is 1.07 bits per heavy atom. The molecule has 27 heavy (non-hydrogen) atoms. The molecule has 0 radical (unpaired) electrons. The monoisotopic (exact) mass is 415 g/mol. The fraction of sp³-hybridized carbons (Fsp3) is 0.300. The molecule has 1 fully saturated rings. The summed E-state index contributed by atoms with van der Waals surface area (Å²) in [5.74, 6) is 1.09. The van der Waals surface area contributed by atoms with E-state index < -0.39 is 0 Å². The lowest BCUT2D eigenvalue weighted by molar-refractivity contribution is -0.131. The number of carbonyl (C=O) groups is 1.